The molecule has 6 nitrogen and oxygen atoms in total. The van der Waals surface area contributed by atoms with E-state index in [-0.39, 0.29) is 5.41 Å². The largest absolute Gasteiger partial charge is 0.507 e. The number of methoxy groups -OCH3 is 1. The monoisotopic (exact) mass is 538 g/mol. The Balaban J connectivity index is 2.04. The second-order valence-electron chi connectivity index (χ2n) is 10.9. The molecule has 0 saturated carbocycles. The molecule has 0 amide bonds. The zero-order valence-electron chi connectivity index (χ0n) is 24.1. The molecule has 0 spiro atoms. The minimum Gasteiger partial charge on any atom is -0.507 e. The first-order valence-electron chi connectivity index (χ1n) is 13.0. The van der Waals surface area contributed by atoms with Gasteiger partial charge in [0.05, 0.1) is 7.11 Å². The summed E-state index contributed by atoms with van der Waals surface area (Å²) in [6.45, 7) is 9.27. The Labute approximate surface area is 229 Å². The lowest BCUT2D eigenvalue weighted by Gasteiger charge is -2.27. The van der Waals surface area contributed by atoms with Crippen LogP contribution in [0.2, 0.25) is 0 Å². The van der Waals surface area contributed by atoms with Crippen LogP contribution in [0.15, 0.2) is 60.7 Å². The van der Waals surface area contributed by atoms with Gasteiger partial charge in [-0.2, -0.15) is 0 Å². The van der Waals surface area contributed by atoms with Crippen LogP contribution in [-0.2, 0) is 5.41 Å². The van der Waals surface area contributed by atoms with Gasteiger partial charge in [0.2, 0.25) is 0 Å². The summed E-state index contributed by atoms with van der Waals surface area (Å²) < 4.78 is 17.6. The summed E-state index contributed by atoms with van der Waals surface area (Å²) in [6.07, 6.45) is 0. The highest BCUT2D eigenvalue weighted by atomic mass is 31.1. The van der Waals surface area contributed by atoms with E-state index >= 15 is 0 Å². The normalized spacial score (nSPS) is 11.9. The third-order valence-corrected chi connectivity index (χ3v) is 8.60. The molecule has 38 heavy (non-hydrogen) atoms. The van der Waals surface area contributed by atoms with Gasteiger partial charge in [-0.1, -0.05) is 45.0 Å². The number of ether oxygens (including phenoxy) is 3. The quantitative estimate of drug-likeness (QED) is 0.347. The topological polar surface area (TPSA) is 54.4 Å². The summed E-state index contributed by atoms with van der Waals surface area (Å²) in [7, 11) is 8.72. The number of rotatable bonds is 12. The Morgan fingerprint density at radius 1 is 0.711 bits per heavy atom. The maximum absolute atomic E-state index is 11.6. The first kappa shape index (κ1) is 29.8. The van der Waals surface area contributed by atoms with Crippen LogP contribution >= 0.6 is 7.92 Å². The van der Waals surface area contributed by atoms with Crippen LogP contribution in [0, 0.1) is 0 Å². The fraction of sp³-hybridized carbons (Fsp3) is 0.419. The van der Waals surface area contributed by atoms with Gasteiger partial charge in [0.15, 0.2) is 0 Å². The number of hydrogen-bond donors (Lipinski definition) is 1. The van der Waals surface area contributed by atoms with E-state index in [4.69, 9.17) is 14.2 Å². The van der Waals surface area contributed by atoms with Crippen LogP contribution in [-0.4, -0.2) is 76.5 Å². The number of phenols is 1. The van der Waals surface area contributed by atoms with Gasteiger partial charge in [0.25, 0.3) is 0 Å². The van der Waals surface area contributed by atoms with E-state index in [9.17, 15) is 5.11 Å². The van der Waals surface area contributed by atoms with E-state index in [1.165, 1.54) is 0 Å². The summed E-state index contributed by atoms with van der Waals surface area (Å²) in [5.41, 5.74) is 0.620. The third kappa shape index (κ3) is 8.10. The number of phenolic OH excluding ortho intramolecular Hbond substituents is 1. The highest BCUT2D eigenvalue weighted by molar-refractivity contribution is 7.80. The first-order chi connectivity index (χ1) is 18.0. The van der Waals surface area contributed by atoms with Crippen molar-refractivity contribution in [3.63, 3.8) is 0 Å². The molecule has 3 aromatic carbocycles. The highest BCUT2D eigenvalue weighted by Crippen LogP contribution is 2.42. The van der Waals surface area contributed by atoms with Gasteiger partial charge in [-0.25, -0.2) is 0 Å². The lowest BCUT2D eigenvalue weighted by molar-refractivity contribution is 0.261. The molecule has 0 unspecified atom stereocenters. The van der Waals surface area contributed by atoms with Crippen molar-refractivity contribution in [3.8, 4) is 23.0 Å². The molecule has 0 saturated heterocycles. The molecule has 206 valence electrons. The molecule has 3 aromatic rings. The minimum absolute atomic E-state index is 0.247. The van der Waals surface area contributed by atoms with Crippen LogP contribution in [0.5, 0.6) is 23.0 Å². The number of aromatic hydroxyl groups is 1. The minimum atomic E-state index is -1.08. The average molecular weight is 539 g/mol. The second kappa shape index (κ2) is 13.3. The van der Waals surface area contributed by atoms with Gasteiger partial charge in [-0.05, 0) is 88.5 Å². The molecule has 0 bridgehead atoms. The van der Waals surface area contributed by atoms with Crippen molar-refractivity contribution in [3.05, 3.63) is 66.2 Å². The number of likely N-dealkylation sites (N-methyl/N-ethyl adjacent to an activating group) is 2. The van der Waals surface area contributed by atoms with Crippen molar-refractivity contribution >= 4 is 23.8 Å². The second-order valence-corrected chi connectivity index (χ2v) is 13.1. The van der Waals surface area contributed by atoms with E-state index in [2.05, 4.69) is 54.8 Å². The van der Waals surface area contributed by atoms with Crippen molar-refractivity contribution in [2.75, 3.05) is 61.6 Å². The van der Waals surface area contributed by atoms with E-state index < -0.39 is 7.92 Å². The molecule has 3 rings (SSSR count). The molecule has 0 fully saturated rings. The first-order valence-corrected chi connectivity index (χ1v) is 14.3. The Hall–Kier alpha value is -2.79. The highest BCUT2D eigenvalue weighted by Gasteiger charge is 2.27. The summed E-state index contributed by atoms with van der Waals surface area (Å²) >= 11 is 0. The molecule has 0 aromatic heterocycles. The van der Waals surface area contributed by atoms with Crippen molar-refractivity contribution in [2.45, 2.75) is 26.2 Å². The average Bonchev–Trinajstić information content (AvgIpc) is 2.86. The molecule has 0 aliphatic rings. The Morgan fingerprint density at radius 3 is 1.53 bits per heavy atom. The molecule has 0 radical (unpaired) electrons. The van der Waals surface area contributed by atoms with Crippen LogP contribution < -0.4 is 30.1 Å². The summed E-state index contributed by atoms with van der Waals surface area (Å²) in [4.78, 5) is 4.19. The zero-order chi connectivity index (χ0) is 27.9. The molecule has 1 N–H and O–H groups in total. The van der Waals surface area contributed by atoms with Crippen molar-refractivity contribution < 1.29 is 19.3 Å². The van der Waals surface area contributed by atoms with Crippen molar-refractivity contribution in [1.82, 2.24) is 9.80 Å². The summed E-state index contributed by atoms with van der Waals surface area (Å²) in [6, 6.07) is 20.4. The lowest BCUT2D eigenvalue weighted by Crippen LogP contribution is -2.24. The number of nitrogens with zero attached hydrogens (tertiary/aromatic N) is 2. The van der Waals surface area contributed by atoms with Gasteiger partial charge < -0.3 is 29.1 Å². The molecule has 0 aliphatic heterocycles. The van der Waals surface area contributed by atoms with Gasteiger partial charge in [0.1, 0.15) is 36.2 Å². The Bertz CT molecular complexity index is 1100. The van der Waals surface area contributed by atoms with E-state index in [1.54, 1.807) is 7.11 Å². The Morgan fingerprint density at radius 2 is 1.16 bits per heavy atom. The van der Waals surface area contributed by atoms with E-state index in [1.807, 2.05) is 64.6 Å². The van der Waals surface area contributed by atoms with E-state index in [0.717, 1.165) is 51.8 Å². The molecular weight excluding hydrogens is 495 g/mol. The van der Waals surface area contributed by atoms with Gasteiger partial charge in [0, 0.05) is 24.0 Å². The predicted octanol–water partition coefficient (Wildman–Crippen LogP) is 4.34. The van der Waals surface area contributed by atoms with Crippen LogP contribution in [0.3, 0.4) is 0 Å². The summed E-state index contributed by atoms with van der Waals surface area (Å²) in [5, 5.41) is 14.7. The van der Waals surface area contributed by atoms with E-state index in [0.29, 0.717) is 19.0 Å². The maximum atomic E-state index is 11.6. The van der Waals surface area contributed by atoms with Crippen molar-refractivity contribution in [2.24, 2.45) is 0 Å². The molecule has 7 heteroatoms. The standard InChI is InChI=1S/C31H43N2O4P/c1-31(2,3)28-21-25(35-8)22-29(30(28)34)38(26-13-9-23(10-14-26)36-19-17-32(4)5)27-15-11-24(12-16-27)37-20-18-33(6)7/h9-16,21-22,34H,17-20H2,1-8H3. The van der Waals surface area contributed by atoms with Crippen LogP contribution in [0.25, 0.3) is 0 Å². The van der Waals surface area contributed by atoms with Gasteiger partial charge in [-0.15, -0.1) is 0 Å². The van der Waals surface area contributed by atoms with Crippen molar-refractivity contribution in [1.29, 1.82) is 0 Å². The Kier molecular flexibility index (Phi) is 10.4. The zero-order valence-corrected chi connectivity index (χ0v) is 25.0. The SMILES string of the molecule is COc1cc(P(c2ccc(OCCN(C)C)cc2)c2ccc(OCCN(C)C)cc2)c(O)c(C(C)(C)C)c1. The van der Waals surface area contributed by atoms with Gasteiger partial charge in [-0.3, -0.25) is 0 Å². The van der Waals surface area contributed by atoms with Crippen LogP contribution in [0.4, 0.5) is 0 Å². The summed E-state index contributed by atoms with van der Waals surface area (Å²) in [5.74, 6) is 2.73. The third-order valence-electron chi connectivity index (χ3n) is 6.15. The van der Waals surface area contributed by atoms with Crippen LogP contribution in [0.1, 0.15) is 26.3 Å². The predicted molar refractivity (Wildman–Crippen MR) is 160 cm³/mol. The molecular formula is C31H43N2O4P. The molecule has 0 aliphatic carbocycles. The maximum Gasteiger partial charge on any atom is 0.127 e. The number of hydrogen-bond acceptors (Lipinski definition) is 6. The molecule has 0 atom stereocenters. The molecule has 0 heterocycles. The lowest BCUT2D eigenvalue weighted by atomic mass is 9.86. The fourth-order valence-corrected chi connectivity index (χ4v) is 6.29. The van der Waals surface area contributed by atoms with Gasteiger partial charge >= 0.3 is 0 Å². The number of benzene rings is 3. The fourth-order valence-electron chi connectivity index (χ4n) is 3.96. The smallest absolute Gasteiger partial charge is 0.127 e.